The minimum absolute atomic E-state index is 0.152. The molecule has 1 saturated carbocycles. The Hall–Kier alpha value is -3.16. The maximum atomic E-state index is 13.2. The first-order chi connectivity index (χ1) is 15.3. The van der Waals surface area contributed by atoms with E-state index >= 15 is 0 Å². The molecule has 0 spiro atoms. The smallest absolute Gasteiger partial charge is 0.272 e. The molecule has 2 aliphatic rings. The predicted molar refractivity (Wildman–Crippen MR) is 120 cm³/mol. The van der Waals surface area contributed by atoms with Crippen LogP contribution in [0.5, 0.6) is 0 Å². The Balaban J connectivity index is 1.47. The molecular formula is C24H31N5O3. The summed E-state index contributed by atoms with van der Waals surface area (Å²) in [6, 6.07) is 9.56. The number of fused-ring (bicyclic) bond motifs is 1. The average Bonchev–Trinajstić information content (AvgIpc) is 3.21. The lowest BCUT2D eigenvalue weighted by Gasteiger charge is -2.41. The van der Waals surface area contributed by atoms with Crippen molar-refractivity contribution < 1.29 is 14.4 Å². The van der Waals surface area contributed by atoms with E-state index in [0.717, 1.165) is 36.8 Å². The number of aromatic nitrogens is 2. The Kier molecular flexibility index (Phi) is 6.04. The van der Waals surface area contributed by atoms with Gasteiger partial charge >= 0.3 is 0 Å². The number of carbonyl (C=O) groups is 3. The van der Waals surface area contributed by atoms with Gasteiger partial charge in [-0.2, -0.15) is 5.10 Å². The van der Waals surface area contributed by atoms with Crippen molar-refractivity contribution in [2.24, 2.45) is 0 Å². The molecule has 1 atom stereocenters. The highest BCUT2D eigenvalue weighted by molar-refractivity contribution is 6.01. The van der Waals surface area contributed by atoms with Crippen LogP contribution in [-0.2, 0) is 17.9 Å². The number of nitrogens with zero attached hydrogens (tertiary/aromatic N) is 3. The van der Waals surface area contributed by atoms with E-state index in [2.05, 4.69) is 15.7 Å². The second kappa shape index (κ2) is 8.76. The highest BCUT2D eigenvalue weighted by atomic mass is 16.2. The molecule has 8 heteroatoms. The summed E-state index contributed by atoms with van der Waals surface area (Å²) < 4.78 is 1.49. The molecule has 1 fully saturated rings. The molecule has 1 unspecified atom stereocenters. The number of hydrogen-bond acceptors (Lipinski definition) is 4. The Morgan fingerprint density at radius 2 is 1.84 bits per heavy atom. The van der Waals surface area contributed by atoms with Crippen molar-refractivity contribution in [3.8, 4) is 0 Å². The number of likely N-dealkylation sites (N-methyl/N-ethyl adjacent to an activating group) is 1. The molecule has 0 bridgehead atoms. The lowest BCUT2D eigenvalue weighted by Crippen LogP contribution is -2.63. The van der Waals surface area contributed by atoms with E-state index in [1.54, 1.807) is 14.0 Å². The highest BCUT2D eigenvalue weighted by Gasteiger charge is 2.46. The van der Waals surface area contributed by atoms with Crippen molar-refractivity contribution >= 4 is 17.7 Å². The standard InChI is InChI=1S/C24H31N5O3/c1-16-9-11-17(12-10-16)14-25-21(30)19-13-20-22(31)28(3)24(2,15-29(20)27-19)23(32)26-18-7-5-4-6-8-18/h9-13,18H,4-8,14-15H2,1-3H3,(H,25,30)(H,26,32). The molecule has 3 amide bonds. The molecule has 0 radical (unpaired) electrons. The lowest BCUT2D eigenvalue weighted by atomic mass is 9.92. The fourth-order valence-electron chi connectivity index (χ4n) is 4.40. The number of rotatable bonds is 5. The first kappa shape index (κ1) is 22.0. The van der Waals surface area contributed by atoms with E-state index in [1.807, 2.05) is 31.2 Å². The fourth-order valence-corrected chi connectivity index (χ4v) is 4.40. The Morgan fingerprint density at radius 3 is 2.53 bits per heavy atom. The van der Waals surface area contributed by atoms with Gasteiger partial charge in [0, 0.05) is 25.7 Å². The summed E-state index contributed by atoms with van der Waals surface area (Å²) in [5.74, 6) is -0.842. The van der Waals surface area contributed by atoms with Crippen LogP contribution in [-0.4, -0.2) is 51.0 Å². The summed E-state index contributed by atoms with van der Waals surface area (Å²) in [7, 11) is 1.64. The fraction of sp³-hybridized carbons (Fsp3) is 0.500. The van der Waals surface area contributed by atoms with E-state index in [4.69, 9.17) is 0 Å². The van der Waals surface area contributed by atoms with Gasteiger partial charge in [0.25, 0.3) is 11.8 Å². The van der Waals surface area contributed by atoms with Crippen molar-refractivity contribution in [3.05, 3.63) is 52.8 Å². The molecule has 2 aromatic rings. The number of carbonyl (C=O) groups excluding carboxylic acids is 3. The molecule has 170 valence electrons. The molecule has 1 aliphatic heterocycles. The van der Waals surface area contributed by atoms with Crippen molar-refractivity contribution in [2.45, 2.75) is 70.6 Å². The molecule has 2 N–H and O–H groups in total. The monoisotopic (exact) mass is 437 g/mol. The maximum absolute atomic E-state index is 13.2. The summed E-state index contributed by atoms with van der Waals surface area (Å²) in [6.45, 7) is 4.34. The van der Waals surface area contributed by atoms with Crippen LogP contribution in [0.2, 0.25) is 0 Å². The third-order valence-electron chi connectivity index (χ3n) is 6.74. The van der Waals surface area contributed by atoms with E-state index in [0.29, 0.717) is 12.2 Å². The highest BCUT2D eigenvalue weighted by Crippen LogP contribution is 2.27. The molecule has 0 saturated heterocycles. The summed E-state index contributed by atoms with van der Waals surface area (Å²) in [5.41, 5.74) is 1.56. The van der Waals surface area contributed by atoms with Crippen molar-refractivity contribution in [1.29, 1.82) is 0 Å². The molecule has 8 nitrogen and oxygen atoms in total. The second-order valence-electron chi connectivity index (χ2n) is 9.19. The zero-order chi connectivity index (χ0) is 22.9. The van der Waals surface area contributed by atoms with E-state index < -0.39 is 5.54 Å². The van der Waals surface area contributed by atoms with Gasteiger partial charge in [-0.3, -0.25) is 19.1 Å². The normalized spacial score (nSPS) is 21.2. The number of benzene rings is 1. The summed E-state index contributed by atoms with van der Waals surface area (Å²) in [6.07, 6.45) is 5.37. The Morgan fingerprint density at radius 1 is 1.16 bits per heavy atom. The van der Waals surface area contributed by atoms with Crippen LogP contribution in [0.4, 0.5) is 0 Å². The van der Waals surface area contributed by atoms with Crippen LogP contribution < -0.4 is 10.6 Å². The second-order valence-corrected chi connectivity index (χ2v) is 9.19. The molecular weight excluding hydrogens is 406 g/mol. The van der Waals surface area contributed by atoms with Crippen LogP contribution in [0.3, 0.4) is 0 Å². The van der Waals surface area contributed by atoms with Gasteiger partial charge < -0.3 is 15.5 Å². The molecule has 2 heterocycles. The third kappa shape index (κ3) is 4.26. The minimum atomic E-state index is -1.07. The van der Waals surface area contributed by atoms with Gasteiger partial charge in [0.15, 0.2) is 5.69 Å². The number of hydrogen-bond donors (Lipinski definition) is 2. The van der Waals surface area contributed by atoms with Crippen LogP contribution in [0.1, 0.15) is 71.1 Å². The minimum Gasteiger partial charge on any atom is -0.351 e. The first-order valence-corrected chi connectivity index (χ1v) is 11.3. The number of nitrogens with one attached hydrogen (secondary N) is 2. The number of aryl methyl sites for hydroxylation is 1. The third-order valence-corrected chi connectivity index (χ3v) is 6.74. The van der Waals surface area contributed by atoms with Crippen molar-refractivity contribution in [2.75, 3.05) is 7.05 Å². The SMILES string of the molecule is Cc1ccc(CNC(=O)c2cc3n(n2)CC(C)(C(=O)NC2CCCCC2)N(C)C3=O)cc1. The Labute approximate surface area is 188 Å². The average molecular weight is 438 g/mol. The zero-order valence-corrected chi connectivity index (χ0v) is 19.0. The topological polar surface area (TPSA) is 96.3 Å². The molecule has 1 aliphatic carbocycles. The first-order valence-electron chi connectivity index (χ1n) is 11.3. The largest absolute Gasteiger partial charge is 0.351 e. The van der Waals surface area contributed by atoms with E-state index in [-0.39, 0.29) is 36.0 Å². The molecule has 1 aromatic heterocycles. The number of amides is 3. The van der Waals surface area contributed by atoms with Gasteiger partial charge in [0.2, 0.25) is 5.91 Å². The van der Waals surface area contributed by atoms with Gasteiger partial charge in [-0.1, -0.05) is 49.1 Å². The summed E-state index contributed by atoms with van der Waals surface area (Å²) >= 11 is 0. The van der Waals surface area contributed by atoms with Crippen LogP contribution in [0.25, 0.3) is 0 Å². The zero-order valence-electron chi connectivity index (χ0n) is 19.0. The molecule has 32 heavy (non-hydrogen) atoms. The van der Waals surface area contributed by atoms with Crippen molar-refractivity contribution in [1.82, 2.24) is 25.3 Å². The van der Waals surface area contributed by atoms with Crippen LogP contribution in [0.15, 0.2) is 30.3 Å². The quantitative estimate of drug-likeness (QED) is 0.751. The molecule has 4 rings (SSSR count). The van der Waals surface area contributed by atoms with Gasteiger partial charge in [-0.15, -0.1) is 0 Å². The predicted octanol–water partition coefficient (Wildman–Crippen LogP) is 2.41. The van der Waals surface area contributed by atoms with E-state index in [1.165, 1.54) is 22.1 Å². The van der Waals surface area contributed by atoms with E-state index in [9.17, 15) is 14.4 Å². The van der Waals surface area contributed by atoms with Crippen LogP contribution >= 0.6 is 0 Å². The van der Waals surface area contributed by atoms with Crippen LogP contribution in [0, 0.1) is 6.92 Å². The Bertz CT molecular complexity index is 1020. The van der Waals surface area contributed by atoms with Crippen molar-refractivity contribution in [3.63, 3.8) is 0 Å². The van der Waals surface area contributed by atoms with Gasteiger partial charge in [-0.05, 0) is 32.3 Å². The van der Waals surface area contributed by atoms with Gasteiger partial charge in [0.05, 0.1) is 6.54 Å². The molecule has 1 aromatic carbocycles. The summed E-state index contributed by atoms with van der Waals surface area (Å²) in [5, 5.41) is 10.3. The summed E-state index contributed by atoms with van der Waals surface area (Å²) in [4.78, 5) is 40.3. The lowest BCUT2D eigenvalue weighted by molar-refractivity contribution is -0.133. The van der Waals surface area contributed by atoms with Gasteiger partial charge in [-0.25, -0.2) is 0 Å². The van der Waals surface area contributed by atoms with Gasteiger partial charge in [0.1, 0.15) is 11.2 Å². The maximum Gasteiger partial charge on any atom is 0.272 e.